The van der Waals surface area contributed by atoms with Gasteiger partial charge in [-0.3, -0.25) is 14.3 Å². The Labute approximate surface area is 106 Å². The zero-order chi connectivity index (χ0) is 13.4. The van der Waals surface area contributed by atoms with Crippen LogP contribution in [0.4, 0.5) is 5.69 Å². The number of fused-ring (bicyclic) bond motifs is 1. The van der Waals surface area contributed by atoms with E-state index in [1.807, 2.05) is 13.8 Å². The van der Waals surface area contributed by atoms with E-state index in [1.54, 1.807) is 18.8 Å². The van der Waals surface area contributed by atoms with Crippen LogP contribution in [0.2, 0.25) is 0 Å². The van der Waals surface area contributed by atoms with E-state index in [4.69, 9.17) is 0 Å². The number of anilines is 1. The maximum atomic E-state index is 12.4. The van der Waals surface area contributed by atoms with Gasteiger partial charge in [0.25, 0.3) is 5.91 Å². The van der Waals surface area contributed by atoms with Crippen molar-refractivity contribution in [1.29, 1.82) is 0 Å². The molecule has 1 atom stereocenters. The van der Waals surface area contributed by atoms with Gasteiger partial charge in [-0.25, -0.2) is 0 Å². The highest BCUT2D eigenvalue weighted by molar-refractivity contribution is 6.09. The highest BCUT2D eigenvalue weighted by Crippen LogP contribution is 2.26. The number of hydrogen-bond acceptors (Lipinski definition) is 3. The van der Waals surface area contributed by atoms with Crippen LogP contribution in [0, 0.1) is 0 Å². The summed E-state index contributed by atoms with van der Waals surface area (Å²) in [5.41, 5.74) is 1.77. The van der Waals surface area contributed by atoms with E-state index < -0.39 is 6.04 Å². The van der Waals surface area contributed by atoms with Crippen molar-refractivity contribution in [2.45, 2.75) is 32.7 Å². The number of carbonyl (C=O) groups excluding carboxylic acids is 2. The summed E-state index contributed by atoms with van der Waals surface area (Å²) in [6.45, 7) is 3.84. The van der Waals surface area contributed by atoms with Crippen LogP contribution in [0.15, 0.2) is 0 Å². The summed E-state index contributed by atoms with van der Waals surface area (Å²) in [5.74, 6) is -0.306. The molecule has 2 rings (SSSR count). The Morgan fingerprint density at radius 3 is 2.50 bits per heavy atom. The minimum absolute atomic E-state index is 0.144. The number of aromatic nitrogens is 2. The molecule has 0 saturated carbocycles. The Morgan fingerprint density at radius 2 is 1.94 bits per heavy atom. The molecule has 2 amide bonds. The molecule has 0 fully saturated rings. The molecule has 1 N–H and O–H groups in total. The van der Waals surface area contributed by atoms with Gasteiger partial charge in [-0.2, -0.15) is 5.10 Å². The van der Waals surface area contributed by atoms with Gasteiger partial charge in [0, 0.05) is 14.1 Å². The first-order chi connectivity index (χ1) is 8.51. The lowest BCUT2D eigenvalue weighted by Gasteiger charge is -2.22. The zero-order valence-corrected chi connectivity index (χ0v) is 11.1. The summed E-state index contributed by atoms with van der Waals surface area (Å²) in [6, 6.07) is -0.422. The van der Waals surface area contributed by atoms with Crippen molar-refractivity contribution in [2.24, 2.45) is 7.05 Å². The molecule has 18 heavy (non-hydrogen) atoms. The van der Waals surface area contributed by atoms with E-state index in [-0.39, 0.29) is 11.8 Å². The number of nitrogens with zero attached hydrogens (tertiary/aromatic N) is 3. The quantitative estimate of drug-likeness (QED) is 0.843. The fourth-order valence-electron chi connectivity index (χ4n) is 2.35. The lowest BCUT2D eigenvalue weighted by molar-refractivity contribution is -0.120. The van der Waals surface area contributed by atoms with E-state index in [9.17, 15) is 9.59 Å². The number of carbonyl (C=O) groups is 2. The second-order valence-electron chi connectivity index (χ2n) is 4.48. The largest absolute Gasteiger partial charge is 0.328 e. The van der Waals surface area contributed by atoms with Crippen LogP contribution >= 0.6 is 0 Å². The van der Waals surface area contributed by atoms with Gasteiger partial charge in [0.15, 0.2) is 0 Å². The van der Waals surface area contributed by atoms with Crippen molar-refractivity contribution in [3.05, 3.63) is 11.4 Å². The fourth-order valence-corrected chi connectivity index (χ4v) is 2.35. The van der Waals surface area contributed by atoms with E-state index >= 15 is 0 Å². The maximum absolute atomic E-state index is 12.4. The van der Waals surface area contributed by atoms with Gasteiger partial charge < -0.3 is 10.2 Å². The first-order valence-electron chi connectivity index (χ1n) is 6.15. The van der Waals surface area contributed by atoms with Crippen molar-refractivity contribution >= 4 is 17.5 Å². The van der Waals surface area contributed by atoms with Crippen molar-refractivity contribution in [3.63, 3.8) is 0 Å². The van der Waals surface area contributed by atoms with Gasteiger partial charge >= 0.3 is 0 Å². The Morgan fingerprint density at radius 1 is 1.28 bits per heavy atom. The molecule has 0 saturated heterocycles. The minimum Gasteiger partial charge on any atom is -0.328 e. The normalized spacial score (nSPS) is 19.6. The highest BCUT2D eigenvalue weighted by atomic mass is 16.2. The van der Waals surface area contributed by atoms with Crippen LogP contribution in [-0.2, 0) is 18.3 Å². The summed E-state index contributed by atoms with van der Waals surface area (Å²) in [7, 11) is 3.38. The number of nitrogens with one attached hydrogen (secondary N) is 1. The van der Waals surface area contributed by atoms with Crippen LogP contribution in [0.1, 0.15) is 36.5 Å². The smallest absolute Gasteiger partial charge is 0.274 e. The lowest BCUT2D eigenvalue weighted by Crippen LogP contribution is -2.42. The minimum atomic E-state index is -0.422. The molecule has 0 spiro atoms. The average Bonchev–Trinajstić information content (AvgIpc) is 2.60. The topological polar surface area (TPSA) is 67.2 Å². The Balaban J connectivity index is 2.57. The summed E-state index contributed by atoms with van der Waals surface area (Å²) in [5, 5.41) is 7.12. The molecular formula is C12H18N4O2. The van der Waals surface area contributed by atoms with Crippen LogP contribution in [0.3, 0.4) is 0 Å². The SMILES string of the molecule is CCc1nn(C)c2c1NC(=O)C(CC)N(C)C2=O. The van der Waals surface area contributed by atoms with E-state index in [0.717, 1.165) is 5.69 Å². The molecule has 1 aromatic rings. The van der Waals surface area contributed by atoms with Gasteiger partial charge in [-0.1, -0.05) is 13.8 Å². The number of hydrogen-bond donors (Lipinski definition) is 1. The molecule has 1 unspecified atom stereocenters. The van der Waals surface area contributed by atoms with Crippen molar-refractivity contribution in [2.75, 3.05) is 12.4 Å². The molecule has 1 aromatic heterocycles. The number of rotatable bonds is 2. The second-order valence-corrected chi connectivity index (χ2v) is 4.48. The van der Waals surface area contributed by atoms with Crippen LogP contribution < -0.4 is 5.32 Å². The summed E-state index contributed by atoms with van der Waals surface area (Å²) >= 11 is 0. The van der Waals surface area contributed by atoms with Gasteiger partial charge in [0.05, 0.1) is 11.4 Å². The number of aryl methyl sites for hydroxylation is 2. The first kappa shape index (κ1) is 12.6. The monoisotopic (exact) mass is 250 g/mol. The van der Waals surface area contributed by atoms with E-state index in [1.165, 1.54) is 4.90 Å². The van der Waals surface area contributed by atoms with Crippen LogP contribution in [0.25, 0.3) is 0 Å². The zero-order valence-electron chi connectivity index (χ0n) is 11.1. The Hall–Kier alpha value is -1.85. The lowest BCUT2D eigenvalue weighted by atomic mass is 10.2. The molecule has 0 radical (unpaired) electrons. The molecule has 2 heterocycles. The summed E-state index contributed by atoms with van der Waals surface area (Å²) in [4.78, 5) is 26.0. The summed E-state index contributed by atoms with van der Waals surface area (Å²) < 4.78 is 1.55. The second kappa shape index (κ2) is 4.44. The third kappa shape index (κ3) is 1.68. The van der Waals surface area contributed by atoms with Crippen molar-refractivity contribution in [1.82, 2.24) is 14.7 Å². The van der Waals surface area contributed by atoms with Crippen molar-refractivity contribution in [3.8, 4) is 0 Å². The van der Waals surface area contributed by atoms with Crippen molar-refractivity contribution < 1.29 is 9.59 Å². The highest BCUT2D eigenvalue weighted by Gasteiger charge is 2.35. The molecular weight excluding hydrogens is 232 g/mol. The molecule has 98 valence electrons. The average molecular weight is 250 g/mol. The van der Waals surface area contributed by atoms with Gasteiger partial charge in [0.1, 0.15) is 11.7 Å². The van der Waals surface area contributed by atoms with Gasteiger partial charge in [-0.05, 0) is 12.8 Å². The fraction of sp³-hybridized carbons (Fsp3) is 0.583. The predicted octanol–water partition coefficient (Wildman–Crippen LogP) is 0.785. The standard InChI is InChI=1S/C12H18N4O2/c1-5-7-9-10(16(4)14-7)12(18)15(3)8(6-2)11(17)13-9/h8H,5-6H2,1-4H3,(H,13,17). The Bertz CT molecular complexity index is 506. The molecule has 6 heteroatoms. The molecule has 6 nitrogen and oxygen atoms in total. The molecule has 1 aliphatic heterocycles. The maximum Gasteiger partial charge on any atom is 0.274 e. The van der Waals surface area contributed by atoms with Crippen LogP contribution in [-0.4, -0.2) is 39.6 Å². The molecule has 1 aliphatic rings. The summed E-state index contributed by atoms with van der Waals surface area (Å²) in [6.07, 6.45) is 1.27. The molecule has 0 bridgehead atoms. The van der Waals surface area contributed by atoms with Gasteiger partial charge in [0.2, 0.25) is 5.91 Å². The number of amides is 2. The third-order valence-corrected chi connectivity index (χ3v) is 3.38. The van der Waals surface area contributed by atoms with Crippen LogP contribution in [0.5, 0.6) is 0 Å². The number of likely N-dealkylation sites (N-methyl/N-ethyl adjacent to an activating group) is 1. The third-order valence-electron chi connectivity index (χ3n) is 3.38. The van der Waals surface area contributed by atoms with Gasteiger partial charge in [-0.15, -0.1) is 0 Å². The Kier molecular flexibility index (Phi) is 3.11. The first-order valence-corrected chi connectivity index (χ1v) is 6.15. The van der Waals surface area contributed by atoms with E-state index in [2.05, 4.69) is 10.4 Å². The predicted molar refractivity (Wildman–Crippen MR) is 67.4 cm³/mol. The molecule has 0 aliphatic carbocycles. The molecule has 0 aromatic carbocycles. The van der Waals surface area contributed by atoms with E-state index in [0.29, 0.717) is 24.2 Å².